The van der Waals surface area contributed by atoms with Crippen molar-refractivity contribution < 1.29 is 30.8 Å². The van der Waals surface area contributed by atoms with Crippen LogP contribution >= 0.6 is 0 Å². The van der Waals surface area contributed by atoms with Crippen LogP contribution in [-0.4, -0.2) is 0 Å². The third kappa shape index (κ3) is 6.00. The van der Waals surface area contributed by atoms with Gasteiger partial charge in [0.25, 0.3) is 0 Å². The Balaban J connectivity index is 1.12. The molecule has 2 aliphatic rings. The molecule has 2 atom stereocenters. The van der Waals surface area contributed by atoms with Crippen LogP contribution < -0.4 is 10.4 Å². The van der Waals surface area contributed by atoms with Crippen molar-refractivity contribution in [2.75, 3.05) is 0 Å². The number of allylic oxidation sites excluding steroid dienone is 2. The van der Waals surface area contributed by atoms with E-state index in [0.717, 1.165) is 118 Å². The molecule has 0 radical (unpaired) electrons. The van der Waals surface area contributed by atoms with Crippen molar-refractivity contribution in [3.63, 3.8) is 0 Å². The normalized spacial score (nSPS) is 16.8. The van der Waals surface area contributed by atoms with Gasteiger partial charge in [-0.1, -0.05) is 133 Å². The molecular weight excluding hydrogens is 779 g/mol. The minimum Gasteiger partial charge on any atom is -0.455 e. The average molecular weight is 813 g/mol. The molecule has 0 saturated heterocycles. The lowest BCUT2D eigenvalue weighted by Crippen LogP contribution is -2.41. The highest BCUT2D eigenvalue weighted by molar-refractivity contribution is 6.22. The Bertz CT molecular complexity index is 3330. The van der Waals surface area contributed by atoms with Crippen LogP contribution in [0.3, 0.4) is 0 Å². The van der Waals surface area contributed by atoms with E-state index < -0.39 is 23.5 Å². The van der Waals surface area contributed by atoms with Crippen molar-refractivity contribution in [2.45, 2.75) is 25.2 Å². The molecule has 7 heteroatoms. The first-order chi connectivity index (χ1) is 29.5. The van der Waals surface area contributed by atoms with Gasteiger partial charge in [-0.3, -0.25) is 0 Å². The second kappa shape index (κ2) is 13.8. The molecule has 1 nitrogen and oxygen atoms in total. The van der Waals surface area contributed by atoms with Crippen LogP contribution in [0.5, 0.6) is 0 Å². The Hall–Kier alpha value is -6.86. The highest BCUT2D eigenvalue weighted by Gasteiger charge is 2.36. The third-order valence-corrected chi connectivity index (χ3v) is 12.7. The van der Waals surface area contributed by atoms with E-state index in [1.54, 1.807) is 24.3 Å². The summed E-state index contributed by atoms with van der Waals surface area (Å²) in [5, 5.41) is 7.79. The zero-order chi connectivity index (χ0) is 41.6. The summed E-state index contributed by atoms with van der Waals surface area (Å²) in [6, 6.07) is 47.8. The maximum absolute atomic E-state index is 13.6. The molecule has 0 spiro atoms. The highest BCUT2D eigenvalue weighted by atomic mass is 19.4. The van der Waals surface area contributed by atoms with Gasteiger partial charge in [0.2, 0.25) is 0 Å². The lowest BCUT2D eigenvalue weighted by Gasteiger charge is -2.35. The van der Waals surface area contributed by atoms with E-state index in [9.17, 15) is 26.3 Å². The standard InChI is InChI=1S/C54H34F6O/c55-53(56,57)34-25-20-31(21-26-34)48-36-10-1-3-12-38(36)50(39-13-4-2-11-37(39)48)33-24-29-47-46(30-33)44-18-9-19-45(52(44)61-47)51-42-16-7-5-14-40(42)49(41-15-6-8-17-43(41)51)32-22-27-35(28-23-32)54(58,59)60/h1-5,7-14,16-30,41,43H,6,15H2. The fourth-order valence-electron chi connectivity index (χ4n) is 10.1. The number of benzene rings is 8. The summed E-state index contributed by atoms with van der Waals surface area (Å²) in [5.74, 6) is 0.0150. The predicted octanol–water partition coefficient (Wildman–Crippen LogP) is 14.3. The summed E-state index contributed by atoms with van der Waals surface area (Å²) in [6.07, 6.45) is -2.66. The molecule has 1 aromatic heterocycles. The number of fused-ring (bicyclic) bond motifs is 7. The van der Waals surface area contributed by atoms with E-state index in [-0.39, 0.29) is 11.8 Å². The fourth-order valence-corrected chi connectivity index (χ4v) is 10.1. The molecule has 0 amide bonds. The molecule has 2 unspecified atom stereocenters. The van der Waals surface area contributed by atoms with Crippen LogP contribution in [0, 0.1) is 11.8 Å². The third-order valence-electron chi connectivity index (χ3n) is 12.7. The zero-order valence-electron chi connectivity index (χ0n) is 32.4. The second-order valence-electron chi connectivity index (χ2n) is 16.0. The van der Waals surface area contributed by atoms with E-state index in [2.05, 4.69) is 66.7 Å². The number of furan rings is 1. The van der Waals surface area contributed by atoms with E-state index in [0.29, 0.717) is 5.56 Å². The van der Waals surface area contributed by atoms with Crippen molar-refractivity contribution in [3.8, 4) is 22.3 Å². The molecule has 0 aliphatic heterocycles. The fraction of sp³-hybridized carbons (Fsp3) is 0.111. The molecule has 0 N–H and O–H groups in total. The highest BCUT2D eigenvalue weighted by Crippen LogP contribution is 2.48. The molecular formula is C54H34F6O. The maximum Gasteiger partial charge on any atom is 0.416 e. The minimum atomic E-state index is -4.43. The van der Waals surface area contributed by atoms with Crippen molar-refractivity contribution in [1.29, 1.82) is 0 Å². The van der Waals surface area contributed by atoms with Crippen LogP contribution in [0.2, 0.25) is 0 Å². The van der Waals surface area contributed by atoms with Gasteiger partial charge in [-0.15, -0.1) is 0 Å². The van der Waals surface area contributed by atoms with E-state index in [1.807, 2.05) is 54.6 Å². The maximum atomic E-state index is 13.6. The molecule has 0 fully saturated rings. The number of para-hydroxylation sites is 1. The Labute approximate surface area is 346 Å². The number of hydrogen-bond acceptors (Lipinski definition) is 1. The van der Waals surface area contributed by atoms with Crippen LogP contribution in [0.25, 0.3) is 76.9 Å². The molecule has 0 bridgehead atoms. The smallest absolute Gasteiger partial charge is 0.416 e. The van der Waals surface area contributed by atoms with Crippen LogP contribution in [0.4, 0.5) is 26.3 Å². The first kappa shape index (κ1) is 37.2. The largest absolute Gasteiger partial charge is 0.455 e. The zero-order valence-corrected chi connectivity index (χ0v) is 32.4. The van der Waals surface area contributed by atoms with Gasteiger partial charge in [-0.25, -0.2) is 0 Å². The van der Waals surface area contributed by atoms with Crippen LogP contribution in [-0.2, 0) is 12.4 Å². The number of hydrogen-bond donors (Lipinski definition) is 0. The SMILES string of the molecule is FC(F)(F)c1ccc(C2=c3ccccc3=C(c3cccc4c3oc3ccc(-c5c6ccccc6c(-c6ccc(C(F)(F)F)cc6)c6ccccc56)cc34)C3C=CCCC23)cc1. The van der Waals surface area contributed by atoms with Gasteiger partial charge in [-0.05, 0) is 126 Å². The predicted molar refractivity (Wildman–Crippen MR) is 232 cm³/mol. The van der Waals surface area contributed by atoms with E-state index in [4.69, 9.17) is 4.42 Å². The Morgan fingerprint density at radius 3 is 1.56 bits per heavy atom. The van der Waals surface area contributed by atoms with Gasteiger partial charge in [0, 0.05) is 22.3 Å². The Morgan fingerprint density at radius 2 is 0.967 bits per heavy atom. The first-order valence-corrected chi connectivity index (χ1v) is 20.3. The molecule has 298 valence electrons. The van der Waals surface area contributed by atoms with Gasteiger partial charge in [0.05, 0.1) is 11.1 Å². The Kier molecular flexibility index (Phi) is 8.44. The van der Waals surface area contributed by atoms with Crippen LogP contribution in [0.1, 0.15) is 35.1 Å². The van der Waals surface area contributed by atoms with E-state index >= 15 is 0 Å². The van der Waals surface area contributed by atoms with Gasteiger partial charge in [-0.2, -0.15) is 26.3 Å². The van der Waals surface area contributed by atoms with Gasteiger partial charge in [0.1, 0.15) is 11.2 Å². The van der Waals surface area contributed by atoms with Gasteiger partial charge < -0.3 is 4.42 Å². The molecule has 61 heavy (non-hydrogen) atoms. The van der Waals surface area contributed by atoms with Crippen molar-refractivity contribution in [2.24, 2.45) is 11.8 Å². The molecule has 1 heterocycles. The molecule has 11 rings (SSSR count). The van der Waals surface area contributed by atoms with E-state index in [1.165, 1.54) is 12.1 Å². The van der Waals surface area contributed by atoms with Gasteiger partial charge in [0.15, 0.2) is 0 Å². The van der Waals surface area contributed by atoms with Crippen LogP contribution in [0.15, 0.2) is 174 Å². The second-order valence-corrected chi connectivity index (χ2v) is 16.0. The molecule has 9 aromatic rings. The summed E-state index contributed by atoms with van der Waals surface area (Å²) in [7, 11) is 0. The number of rotatable bonds is 4. The van der Waals surface area contributed by atoms with Crippen molar-refractivity contribution in [1.82, 2.24) is 0 Å². The lowest BCUT2D eigenvalue weighted by atomic mass is 9.68. The number of halogens is 6. The molecule has 8 aromatic carbocycles. The summed E-state index contributed by atoms with van der Waals surface area (Å²) < 4.78 is 88.3. The first-order valence-electron chi connectivity index (χ1n) is 20.3. The molecule has 0 saturated carbocycles. The number of alkyl halides is 6. The Morgan fingerprint density at radius 1 is 0.459 bits per heavy atom. The summed E-state index contributed by atoms with van der Waals surface area (Å²) in [5.41, 5.74) is 7.71. The quantitative estimate of drug-likeness (QED) is 0.0980. The van der Waals surface area contributed by atoms with Crippen molar-refractivity contribution in [3.05, 3.63) is 203 Å². The molecule has 2 aliphatic carbocycles. The monoisotopic (exact) mass is 812 g/mol. The van der Waals surface area contributed by atoms with Gasteiger partial charge >= 0.3 is 12.4 Å². The summed E-state index contributed by atoms with van der Waals surface area (Å²) >= 11 is 0. The van der Waals surface area contributed by atoms with Crippen molar-refractivity contribution >= 4 is 54.6 Å². The average Bonchev–Trinajstić information content (AvgIpc) is 3.65. The lowest BCUT2D eigenvalue weighted by molar-refractivity contribution is -0.138. The topological polar surface area (TPSA) is 13.1 Å². The minimum absolute atomic E-state index is 0.0313. The summed E-state index contributed by atoms with van der Waals surface area (Å²) in [6.45, 7) is 0. The summed E-state index contributed by atoms with van der Waals surface area (Å²) in [4.78, 5) is 0.